The number of hydrogen-bond donors (Lipinski definition) is 1. The zero-order chi connectivity index (χ0) is 21.2. The van der Waals surface area contributed by atoms with Crippen molar-refractivity contribution >= 4 is 27.6 Å². The van der Waals surface area contributed by atoms with Gasteiger partial charge in [0, 0.05) is 17.1 Å². The van der Waals surface area contributed by atoms with Crippen LogP contribution in [-0.2, 0) is 17.8 Å². The van der Waals surface area contributed by atoms with E-state index in [0.29, 0.717) is 6.54 Å². The Labute approximate surface area is 179 Å². The highest BCUT2D eigenvalue weighted by molar-refractivity contribution is 6.08. The highest BCUT2D eigenvalue weighted by atomic mass is 16.5. The molecule has 0 aliphatic heterocycles. The van der Waals surface area contributed by atoms with Gasteiger partial charge >= 0.3 is 0 Å². The number of methoxy groups -OCH3 is 1. The number of fused-ring (bicyclic) bond motifs is 3. The van der Waals surface area contributed by atoms with Crippen molar-refractivity contribution in [2.24, 2.45) is 0 Å². The molecule has 0 saturated carbocycles. The molecule has 5 aromatic rings. The number of benzene rings is 3. The molecule has 2 heterocycles. The van der Waals surface area contributed by atoms with E-state index in [2.05, 4.69) is 22.5 Å². The molecule has 1 N–H and O–H groups in total. The molecule has 31 heavy (non-hydrogen) atoms. The molecule has 0 fully saturated rings. The van der Waals surface area contributed by atoms with E-state index in [1.807, 2.05) is 60.8 Å². The number of amides is 1. The van der Waals surface area contributed by atoms with Crippen molar-refractivity contribution in [2.75, 3.05) is 7.11 Å². The maximum atomic E-state index is 12.6. The van der Waals surface area contributed by atoms with Crippen molar-refractivity contribution in [2.45, 2.75) is 13.0 Å². The third-order valence-electron chi connectivity index (χ3n) is 5.34. The molecule has 154 valence electrons. The summed E-state index contributed by atoms with van der Waals surface area (Å²) in [7, 11) is 1.64. The molecule has 5 rings (SSSR count). The van der Waals surface area contributed by atoms with Crippen LogP contribution in [0.4, 0.5) is 0 Å². The molecular weight excluding hydrogens is 390 g/mol. The largest absolute Gasteiger partial charge is 0.497 e. The Morgan fingerprint density at radius 3 is 2.74 bits per heavy atom. The zero-order valence-electron chi connectivity index (χ0n) is 17.0. The van der Waals surface area contributed by atoms with Gasteiger partial charge in [-0.3, -0.25) is 4.79 Å². The van der Waals surface area contributed by atoms with Crippen molar-refractivity contribution in [3.05, 3.63) is 90.4 Å². The van der Waals surface area contributed by atoms with Crippen LogP contribution in [-0.4, -0.2) is 22.8 Å². The fourth-order valence-electron chi connectivity index (χ4n) is 3.76. The van der Waals surface area contributed by atoms with E-state index in [-0.39, 0.29) is 12.3 Å². The lowest BCUT2D eigenvalue weighted by Crippen LogP contribution is -2.24. The normalized spacial score (nSPS) is 11.1. The van der Waals surface area contributed by atoms with Gasteiger partial charge in [0.05, 0.1) is 37.7 Å². The first kappa shape index (κ1) is 18.9. The highest BCUT2D eigenvalue weighted by Crippen LogP contribution is 2.30. The summed E-state index contributed by atoms with van der Waals surface area (Å²) in [6.07, 6.45) is 3.80. The van der Waals surface area contributed by atoms with Gasteiger partial charge in [-0.2, -0.15) is 5.10 Å². The smallest absolute Gasteiger partial charge is 0.224 e. The fraction of sp³-hybridized carbons (Fsp3) is 0.120. The third kappa shape index (κ3) is 3.75. The molecular formula is C25H21N3O3. The van der Waals surface area contributed by atoms with E-state index in [0.717, 1.165) is 44.4 Å². The van der Waals surface area contributed by atoms with Gasteiger partial charge in [-0.1, -0.05) is 30.3 Å². The highest BCUT2D eigenvalue weighted by Gasteiger charge is 2.13. The molecule has 0 saturated heterocycles. The minimum Gasteiger partial charge on any atom is -0.497 e. The maximum Gasteiger partial charge on any atom is 0.224 e. The van der Waals surface area contributed by atoms with Crippen molar-refractivity contribution < 1.29 is 13.9 Å². The summed E-state index contributed by atoms with van der Waals surface area (Å²) >= 11 is 0. The summed E-state index contributed by atoms with van der Waals surface area (Å²) in [5.74, 6) is 0.720. The Morgan fingerprint density at radius 2 is 1.90 bits per heavy atom. The topological polar surface area (TPSA) is 69.3 Å². The quantitative estimate of drug-likeness (QED) is 0.442. The Morgan fingerprint density at radius 1 is 1.06 bits per heavy atom. The van der Waals surface area contributed by atoms with Crippen LogP contribution in [0.3, 0.4) is 0 Å². The molecule has 0 spiro atoms. The molecule has 0 radical (unpaired) electrons. The van der Waals surface area contributed by atoms with Gasteiger partial charge in [0.15, 0.2) is 0 Å². The minimum atomic E-state index is -0.0744. The SMILES string of the molecule is COc1ccc(-n2ccc(CNC(=O)Cc3coc4ccc5ccccc5c34)n2)cc1. The number of nitrogens with one attached hydrogen (secondary N) is 1. The first-order valence-electron chi connectivity index (χ1n) is 10.0. The van der Waals surface area contributed by atoms with E-state index >= 15 is 0 Å². The lowest BCUT2D eigenvalue weighted by atomic mass is 10.0. The number of nitrogens with zero attached hydrogens (tertiary/aromatic N) is 2. The van der Waals surface area contributed by atoms with E-state index in [1.165, 1.54) is 0 Å². The molecule has 3 aromatic carbocycles. The number of aromatic nitrogens is 2. The Hall–Kier alpha value is -4.06. The number of carbonyl (C=O) groups is 1. The van der Waals surface area contributed by atoms with Crippen molar-refractivity contribution in [3.8, 4) is 11.4 Å². The summed E-state index contributed by atoms with van der Waals surface area (Å²) in [4.78, 5) is 12.6. The molecule has 1 amide bonds. The van der Waals surface area contributed by atoms with Gasteiger partial charge in [-0.25, -0.2) is 4.68 Å². The van der Waals surface area contributed by atoms with Crippen molar-refractivity contribution in [1.29, 1.82) is 0 Å². The molecule has 0 aliphatic rings. The number of hydrogen-bond acceptors (Lipinski definition) is 4. The Bertz CT molecular complexity index is 1370. The second-order valence-electron chi connectivity index (χ2n) is 7.32. The maximum absolute atomic E-state index is 12.6. The predicted octanol–water partition coefficient (Wildman–Crippen LogP) is 4.64. The van der Waals surface area contributed by atoms with Crippen LogP contribution in [0.25, 0.3) is 27.4 Å². The Kier molecular flexibility index (Phi) is 4.88. The van der Waals surface area contributed by atoms with Gasteiger partial charge in [0.1, 0.15) is 11.3 Å². The van der Waals surface area contributed by atoms with Gasteiger partial charge in [-0.15, -0.1) is 0 Å². The van der Waals surface area contributed by atoms with Crippen LogP contribution in [0.1, 0.15) is 11.3 Å². The molecule has 6 heteroatoms. The lowest BCUT2D eigenvalue weighted by Gasteiger charge is -2.05. The van der Waals surface area contributed by atoms with Crippen LogP contribution >= 0.6 is 0 Å². The van der Waals surface area contributed by atoms with Crippen LogP contribution in [0.2, 0.25) is 0 Å². The lowest BCUT2D eigenvalue weighted by molar-refractivity contribution is -0.120. The van der Waals surface area contributed by atoms with E-state index in [4.69, 9.17) is 9.15 Å². The average Bonchev–Trinajstić information content (AvgIpc) is 3.45. The minimum absolute atomic E-state index is 0.0744. The standard InChI is InChI=1S/C25H21N3O3/c1-30-21-9-7-20(8-10-21)28-13-12-19(27-28)15-26-24(29)14-18-16-31-23-11-6-17-4-2-3-5-22(17)25(18)23/h2-13,16H,14-15H2,1H3,(H,26,29). The molecule has 0 unspecified atom stereocenters. The molecule has 2 aromatic heterocycles. The molecule has 0 aliphatic carbocycles. The fourth-order valence-corrected chi connectivity index (χ4v) is 3.76. The Balaban J connectivity index is 1.28. The van der Waals surface area contributed by atoms with Crippen LogP contribution in [0.5, 0.6) is 5.75 Å². The van der Waals surface area contributed by atoms with Gasteiger partial charge in [0.2, 0.25) is 5.91 Å². The van der Waals surface area contributed by atoms with Crippen LogP contribution in [0, 0.1) is 0 Å². The summed E-state index contributed by atoms with van der Waals surface area (Å²) in [6, 6.07) is 21.6. The van der Waals surface area contributed by atoms with Crippen LogP contribution < -0.4 is 10.1 Å². The second-order valence-corrected chi connectivity index (χ2v) is 7.32. The summed E-state index contributed by atoms with van der Waals surface area (Å²) in [5.41, 5.74) is 3.38. The van der Waals surface area contributed by atoms with E-state index in [9.17, 15) is 4.79 Å². The number of carbonyl (C=O) groups excluding carboxylic acids is 1. The first-order chi connectivity index (χ1) is 15.2. The monoisotopic (exact) mass is 411 g/mol. The van der Waals surface area contributed by atoms with Crippen molar-refractivity contribution in [3.63, 3.8) is 0 Å². The summed E-state index contributed by atoms with van der Waals surface area (Å²) in [5, 5.41) is 10.7. The second kappa shape index (κ2) is 7.99. The number of rotatable bonds is 6. The number of furan rings is 1. The first-order valence-corrected chi connectivity index (χ1v) is 10.0. The molecule has 0 atom stereocenters. The van der Waals surface area contributed by atoms with Gasteiger partial charge < -0.3 is 14.5 Å². The summed E-state index contributed by atoms with van der Waals surface area (Å²) in [6.45, 7) is 0.360. The number of ether oxygens (including phenoxy) is 1. The summed E-state index contributed by atoms with van der Waals surface area (Å²) < 4.78 is 12.6. The third-order valence-corrected chi connectivity index (χ3v) is 5.34. The molecule has 6 nitrogen and oxygen atoms in total. The van der Waals surface area contributed by atoms with Crippen LogP contribution in [0.15, 0.2) is 83.6 Å². The predicted molar refractivity (Wildman–Crippen MR) is 119 cm³/mol. The average molecular weight is 411 g/mol. The van der Waals surface area contributed by atoms with Crippen molar-refractivity contribution in [1.82, 2.24) is 15.1 Å². The van der Waals surface area contributed by atoms with Gasteiger partial charge in [-0.05, 0) is 47.2 Å². The van der Waals surface area contributed by atoms with Gasteiger partial charge in [0.25, 0.3) is 0 Å². The van der Waals surface area contributed by atoms with E-state index in [1.54, 1.807) is 18.1 Å². The zero-order valence-corrected chi connectivity index (χ0v) is 17.0. The molecule has 0 bridgehead atoms. The van der Waals surface area contributed by atoms with E-state index < -0.39 is 0 Å².